The number of carbonyl (C=O) groups excluding carboxylic acids is 2. The maximum atomic E-state index is 12.0. The summed E-state index contributed by atoms with van der Waals surface area (Å²) in [6.07, 6.45) is 0.812. The number of aryl methyl sites for hydroxylation is 1. The molecule has 1 heterocycles. The standard InChI is InChI=1S/C20H21NO5S/c1-14-5-2-3-6-18(14)27-13-20(23)26-12-19(22)21-15-7-8-16-17(11-15)25-10-4-9-24-16/h2-3,5-8,11H,4,9-10,12-13H2,1H3,(H,21,22). The van der Waals surface area contributed by atoms with Crippen LogP contribution in [0, 0.1) is 6.92 Å². The van der Waals surface area contributed by atoms with Gasteiger partial charge in [-0.25, -0.2) is 0 Å². The highest BCUT2D eigenvalue weighted by Gasteiger charge is 2.13. The molecule has 142 valence electrons. The molecule has 0 fully saturated rings. The molecule has 0 unspecified atom stereocenters. The van der Waals surface area contributed by atoms with E-state index < -0.39 is 11.9 Å². The van der Waals surface area contributed by atoms with Crippen LogP contribution in [-0.4, -0.2) is 37.4 Å². The van der Waals surface area contributed by atoms with E-state index in [1.54, 1.807) is 18.2 Å². The number of ether oxygens (including phenoxy) is 3. The third kappa shape index (κ3) is 5.65. The van der Waals surface area contributed by atoms with Gasteiger partial charge in [-0.2, -0.15) is 0 Å². The van der Waals surface area contributed by atoms with Gasteiger partial charge in [0, 0.05) is 23.1 Å². The Hall–Kier alpha value is -2.67. The summed E-state index contributed by atoms with van der Waals surface area (Å²) in [5, 5.41) is 2.69. The minimum absolute atomic E-state index is 0.155. The molecule has 1 aliphatic heterocycles. The Labute approximate surface area is 162 Å². The number of thioether (sulfide) groups is 1. The average Bonchev–Trinajstić information content (AvgIpc) is 2.90. The lowest BCUT2D eigenvalue weighted by Gasteiger charge is -2.11. The summed E-state index contributed by atoms with van der Waals surface area (Å²) in [6, 6.07) is 13.0. The Kier molecular flexibility index (Phi) is 6.59. The minimum Gasteiger partial charge on any atom is -0.490 e. The molecule has 1 aliphatic rings. The summed E-state index contributed by atoms with van der Waals surface area (Å²) >= 11 is 1.39. The molecule has 0 atom stereocenters. The minimum atomic E-state index is -0.433. The Balaban J connectivity index is 1.45. The van der Waals surface area contributed by atoms with Crippen LogP contribution < -0.4 is 14.8 Å². The van der Waals surface area contributed by atoms with Crippen molar-refractivity contribution in [2.24, 2.45) is 0 Å². The Bertz CT molecular complexity index is 824. The largest absolute Gasteiger partial charge is 0.490 e. The molecule has 0 saturated carbocycles. The van der Waals surface area contributed by atoms with Crippen LogP contribution in [0.1, 0.15) is 12.0 Å². The molecule has 2 aromatic carbocycles. The van der Waals surface area contributed by atoms with Crippen molar-refractivity contribution in [3.63, 3.8) is 0 Å². The molecule has 0 spiro atoms. The number of nitrogens with one attached hydrogen (secondary N) is 1. The van der Waals surface area contributed by atoms with E-state index in [0.29, 0.717) is 30.4 Å². The summed E-state index contributed by atoms with van der Waals surface area (Å²) in [5.41, 5.74) is 1.66. The molecule has 27 heavy (non-hydrogen) atoms. The zero-order chi connectivity index (χ0) is 19.1. The summed E-state index contributed by atoms with van der Waals surface area (Å²) in [6.45, 7) is 2.83. The predicted molar refractivity (Wildman–Crippen MR) is 104 cm³/mol. The summed E-state index contributed by atoms with van der Waals surface area (Å²) < 4.78 is 16.2. The number of benzene rings is 2. The zero-order valence-electron chi connectivity index (χ0n) is 15.0. The fourth-order valence-electron chi connectivity index (χ4n) is 2.48. The van der Waals surface area contributed by atoms with Gasteiger partial charge in [0.1, 0.15) is 0 Å². The van der Waals surface area contributed by atoms with Crippen molar-refractivity contribution in [2.45, 2.75) is 18.2 Å². The number of anilines is 1. The van der Waals surface area contributed by atoms with Gasteiger partial charge in [0.25, 0.3) is 5.91 Å². The first-order valence-electron chi connectivity index (χ1n) is 8.65. The zero-order valence-corrected chi connectivity index (χ0v) is 15.8. The number of amides is 1. The summed E-state index contributed by atoms with van der Waals surface area (Å²) in [4.78, 5) is 24.9. The lowest BCUT2D eigenvalue weighted by atomic mass is 10.2. The van der Waals surface area contributed by atoms with Gasteiger partial charge in [-0.15, -0.1) is 11.8 Å². The van der Waals surface area contributed by atoms with Crippen LogP contribution in [-0.2, 0) is 14.3 Å². The number of fused-ring (bicyclic) bond motifs is 1. The lowest BCUT2D eigenvalue weighted by molar-refractivity contribution is -0.144. The first kappa shape index (κ1) is 19.1. The van der Waals surface area contributed by atoms with Crippen LogP contribution in [0.25, 0.3) is 0 Å². The van der Waals surface area contributed by atoms with Gasteiger partial charge >= 0.3 is 5.97 Å². The quantitative estimate of drug-likeness (QED) is 0.605. The molecule has 2 aromatic rings. The Morgan fingerprint density at radius 3 is 2.70 bits per heavy atom. The third-order valence-electron chi connectivity index (χ3n) is 3.83. The summed E-state index contributed by atoms with van der Waals surface area (Å²) in [7, 11) is 0. The predicted octanol–water partition coefficient (Wildman–Crippen LogP) is 3.43. The highest BCUT2D eigenvalue weighted by atomic mass is 32.2. The van der Waals surface area contributed by atoms with E-state index >= 15 is 0 Å². The van der Waals surface area contributed by atoms with Crippen LogP contribution in [0.4, 0.5) is 5.69 Å². The van der Waals surface area contributed by atoms with E-state index in [0.717, 1.165) is 16.9 Å². The van der Waals surface area contributed by atoms with Crippen molar-refractivity contribution in [2.75, 3.05) is 30.9 Å². The number of hydrogen-bond acceptors (Lipinski definition) is 6. The topological polar surface area (TPSA) is 73.9 Å². The van der Waals surface area contributed by atoms with Crippen LogP contribution in [0.15, 0.2) is 47.4 Å². The first-order chi connectivity index (χ1) is 13.1. The fraction of sp³-hybridized carbons (Fsp3) is 0.300. The number of esters is 1. The van der Waals surface area contributed by atoms with Gasteiger partial charge in [-0.1, -0.05) is 18.2 Å². The average molecular weight is 387 g/mol. The van der Waals surface area contributed by atoms with Crippen molar-refractivity contribution in [3.8, 4) is 11.5 Å². The molecular weight excluding hydrogens is 366 g/mol. The molecular formula is C20H21NO5S. The molecule has 7 heteroatoms. The van der Waals surface area contributed by atoms with Crippen molar-refractivity contribution in [1.82, 2.24) is 0 Å². The highest BCUT2D eigenvalue weighted by molar-refractivity contribution is 8.00. The third-order valence-corrected chi connectivity index (χ3v) is 4.98. The highest BCUT2D eigenvalue weighted by Crippen LogP contribution is 2.32. The smallest absolute Gasteiger partial charge is 0.316 e. The second kappa shape index (κ2) is 9.32. The summed E-state index contributed by atoms with van der Waals surface area (Å²) in [5.74, 6) is 0.570. The lowest BCUT2D eigenvalue weighted by Crippen LogP contribution is -2.21. The van der Waals surface area contributed by atoms with Crippen molar-refractivity contribution >= 4 is 29.3 Å². The van der Waals surface area contributed by atoms with E-state index in [2.05, 4.69) is 5.32 Å². The molecule has 0 bridgehead atoms. The van der Waals surface area contributed by atoms with E-state index in [-0.39, 0.29) is 12.4 Å². The van der Waals surface area contributed by atoms with Crippen LogP contribution >= 0.6 is 11.8 Å². The van der Waals surface area contributed by atoms with Gasteiger partial charge in [-0.3, -0.25) is 9.59 Å². The first-order valence-corrected chi connectivity index (χ1v) is 9.64. The van der Waals surface area contributed by atoms with Crippen molar-refractivity contribution in [1.29, 1.82) is 0 Å². The second-order valence-electron chi connectivity index (χ2n) is 5.98. The van der Waals surface area contributed by atoms with Gasteiger partial charge in [0.15, 0.2) is 18.1 Å². The van der Waals surface area contributed by atoms with Crippen LogP contribution in [0.2, 0.25) is 0 Å². The number of hydrogen-bond donors (Lipinski definition) is 1. The van der Waals surface area contributed by atoms with Crippen LogP contribution in [0.3, 0.4) is 0 Å². The van der Waals surface area contributed by atoms with Crippen molar-refractivity contribution in [3.05, 3.63) is 48.0 Å². The molecule has 0 aliphatic carbocycles. The van der Waals surface area contributed by atoms with Gasteiger partial charge in [-0.05, 0) is 30.7 Å². The Morgan fingerprint density at radius 1 is 1.11 bits per heavy atom. The number of carbonyl (C=O) groups is 2. The number of rotatable bonds is 6. The van der Waals surface area contributed by atoms with Gasteiger partial charge in [0.2, 0.25) is 0 Å². The second-order valence-corrected chi connectivity index (χ2v) is 6.99. The molecule has 0 saturated heterocycles. The van der Waals surface area contributed by atoms with Gasteiger partial charge in [0.05, 0.1) is 19.0 Å². The molecule has 0 radical (unpaired) electrons. The molecule has 0 aromatic heterocycles. The van der Waals surface area contributed by atoms with E-state index in [1.807, 2.05) is 31.2 Å². The van der Waals surface area contributed by atoms with Crippen molar-refractivity contribution < 1.29 is 23.8 Å². The van der Waals surface area contributed by atoms with Crippen LogP contribution in [0.5, 0.6) is 11.5 Å². The molecule has 3 rings (SSSR count). The van der Waals surface area contributed by atoms with Gasteiger partial charge < -0.3 is 19.5 Å². The maximum Gasteiger partial charge on any atom is 0.316 e. The van der Waals surface area contributed by atoms with E-state index in [9.17, 15) is 9.59 Å². The Morgan fingerprint density at radius 2 is 1.89 bits per heavy atom. The van der Waals surface area contributed by atoms with E-state index in [4.69, 9.17) is 14.2 Å². The monoisotopic (exact) mass is 387 g/mol. The molecule has 1 amide bonds. The fourth-order valence-corrected chi connectivity index (χ4v) is 3.31. The normalized spacial score (nSPS) is 12.8. The van der Waals surface area contributed by atoms with E-state index in [1.165, 1.54) is 11.8 Å². The molecule has 6 nitrogen and oxygen atoms in total. The molecule has 1 N–H and O–H groups in total. The SMILES string of the molecule is Cc1ccccc1SCC(=O)OCC(=O)Nc1ccc2c(c1)OCCCO2. The maximum absolute atomic E-state index is 12.0.